The van der Waals surface area contributed by atoms with Gasteiger partial charge in [-0.15, -0.1) is 24.0 Å². The number of para-hydroxylation sites is 1. The second-order valence-electron chi connectivity index (χ2n) is 6.32. The minimum Gasteiger partial charge on any atom is -0.496 e. The van der Waals surface area contributed by atoms with Crippen molar-refractivity contribution in [1.29, 1.82) is 0 Å². The molecule has 1 aliphatic rings. The summed E-state index contributed by atoms with van der Waals surface area (Å²) >= 11 is 0. The van der Waals surface area contributed by atoms with Crippen molar-refractivity contribution >= 4 is 35.8 Å². The highest BCUT2D eigenvalue weighted by Gasteiger charge is 2.46. The number of aliphatic imine (C=N–C) groups is 1. The number of hydrogen-bond acceptors (Lipinski definition) is 3. The van der Waals surface area contributed by atoms with Gasteiger partial charge in [0, 0.05) is 38.2 Å². The van der Waals surface area contributed by atoms with Gasteiger partial charge < -0.3 is 20.3 Å². The molecule has 0 radical (unpaired) electrons. The Morgan fingerprint density at radius 1 is 1.28 bits per heavy atom. The molecule has 1 saturated carbocycles. The zero-order chi connectivity index (χ0) is 17.6. The number of guanidine groups is 1. The van der Waals surface area contributed by atoms with Gasteiger partial charge in [0.15, 0.2) is 5.96 Å². The van der Waals surface area contributed by atoms with Crippen LogP contribution in [0.25, 0.3) is 0 Å². The lowest BCUT2D eigenvalue weighted by molar-refractivity contribution is -0.127. The molecule has 0 unspecified atom stereocenters. The van der Waals surface area contributed by atoms with E-state index in [0.717, 1.165) is 31.7 Å². The smallest absolute Gasteiger partial charge is 0.243 e. The summed E-state index contributed by atoms with van der Waals surface area (Å²) in [6, 6.07) is 8.18. The molecule has 1 aliphatic carbocycles. The second kappa shape index (κ2) is 9.84. The second-order valence-corrected chi connectivity index (χ2v) is 6.32. The highest BCUT2D eigenvalue weighted by molar-refractivity contribution is 14.0. The molecule has 1 fully saturated rings. The average Bonchev–Trinajstić information content (AvgIpc) is 3.38. The number of nitrogens with zero attached hydrogens (tertiary/aromatic N) is 2. The molecule has 0 bridgehead atoms. The van der Waals surface area contributed by atoms with Crippen LogP contribution in [0.15, 0.2) is 29.3 Å². The van der Waals surface area contributed by atoms with Crippen LogP contribution in [-0.4, -0.2) is 57.6 Å². The largest absolute Gasteiger partial charge is 0.496 e. The third kappa shape index (κ3) is 5.76. The maximum atomic E-state index is 11.7. The van der Waals surface area contributed by atoms with Crippen LogP contribution in [0.1, 0.15) is 25.3 Å². The average molecular weight is 460 g/mol. The lowest BCUT2D eigenvalue weighted by atomic mass is 9.95. The van der Waals surface area contributed by atoms with Gasteiger partial charge in [-0.25, -0.2) is 4.99 Å². The summed E-state index contributed by atoms with van der Waals surface area (Å²) in [4.78, 5) is 17.6. The number of methoxy groups -OCH3 is 1. The Balaban J connectivity index is 0.00000312. The Morgan fingerprint density at radius 2 is 1.96 bits per heavy atom. The summed E-state index contributed by atoms with van der Waals surface area (Å²) < 4.78 is 5.51. The minimum atomic E-state index is -0.0157. The van der Waals surface area contributed by atoms with Crippen molar-refractivity contribution in [3.8, 4) is 5.75 Å². The van der Waals surface area contributed by atoms with Crippen LogP contribution in [0, 0.1) is 0 Å². The normalized spacial score (nSPS) is 15.0. The molecule has 2 N–H and O–H groups in total. The van der Waals surface area contributed by atoms with Gasteiger partial charge in [0.1, 0.15) is 12.3 Å². The van der Waals surface area contributed by atoms with Crippen LogP contribution in [-0.2, 0) is 10.2 Å². The molecule has 1 aromatic rings. The number of halogens is 1. The van der Waals surface area contributed by atoms with Gasteiger partial charge in [0.25, 0.3) is 0 Å². The van der Waals surface area contributed by atoms with E-state index in [-0.39, 0.29) is 41.8 Å². The lowest BCUT2D eigenvalue weighted by Crippen LogP contribution is -2.42. The molecule has 25 heavy (non-hydrogen) atoms. The maximum Gasteiger partial charge on any atom is 0.243 e. The summed E-state index contributed by atoms with van der Waals surface area (Å²) in [6.45, 7) is 3.68. The quantitative estimate of drug-likeness (QED) is 0.371. The third-order valence-corrected chi connectivity index (χ3v) is 4.34. The monoisotopic (exact) mass is 460 g/mol. The molecule has 0 aliphatic heterocycles. The molecule has 1 aromatic carbocycles. The van der Waals surface area contributed by atoms with E-state index in [1.54, 1.807) is 26.1 Å². The summed E-state index contributed by atoms with van der Waals surface area (Å²) in [5.41, 5.74) is 1.33. The number of carbonyl (C=O) groups is 1. The summed E-state index contributed by atoms with van der Waals surface area (Å²) in [5.74, 6) is 1.59. The summed E-state index contributed by atoms with van der Waals surface area (Å²) in [7, 11) is 5.18. The first-order valence-corrected chi connectivity index (χ1v) is 8.38. The predicted octanol–water partition coefficient (Wildman–Crippen LogP) is 1.99. The van der Waals surface area contributed by atoms with Crippen LogP contribution in [0.5, 0.6) is 5.75 Å². The summed E-state index contributed by atoms with van der Waals surface area (Å²) in [5, 5.41) is 6.57. The van der Waals surface area contributed by atoms with E-state index < -0.39 is 0 Å². The molecule has 0 heterocycles. The predicted molar refractivity (Wildman–Crippen MR) is 112 cm³/mol. The van der Waals surface area contributed by atoms with E-state index in [0.29, 0.717) is 5.96 Å². The van der Waals surface area contributed by atoms with E-state index in [1.807, 2.05) is 25.1 Å². The zero-order valence-corrected chi connectivity index (χ0v) is 17.8. The van der Waals surface area contributed by atoms with Crippen molar-refractivity contribution < 1.29 is 9.53 Å². The van der Waals surface area contributed by atoms with Gasteiger partial charge in [0.05, 0.1) is 7.11 Å². The lowest BCUT2D eigenvalue weighted by Gasteiger charge is -2.21. The third-order valence-electron chi connectivity index (χ3n) is 4.34. The number of rotatable bonds is 7. The van der Waals surface area contributed by atoms with E-state index in [2.05, 4.69) is 21.7 Å². The topological polar surface area (TPSA) is 66.0 Å². The molecule has 140 valence electrons. The van der Waals surface area contributed by atoms with Crippen molar-refractivity contribution in [3.05, 3.63) is 29.8 Å². The zero-order valence-electron chi connectivity index (χ0n) is 15.5. The molecule has 0 atom stereocenters. The molecular formula is C18H29IN4O2. The number of hydrogen-bond donors (Lipinski definition) is 2. The highest BCUT2D eigenvalue weighted by Crippen LogP contribution is 2.50. The Hall–Kier alpha value is -1.51. The number of ether oxygens (including phenoxy) is 1. The van der Waals surface area contributed by atoms with Crippen LogP contribution in [0.3, 0.4) is 0 Å². The molecular weight excluding hydrogens is 431 g/mol. The molecule has 0 aromatic heterocycles. The standard InChI is InChI=1S/C18H28N4O2.HI/c1-5-19-17(20-12-16(23)22(2)3)21-13-18(10-11-18)14-8-6-7-9-15(14)24-4;/h6-9H,5,10-13H2,1-4H3,(H2,19,20,21);1H. The van der Waals surface area contributed by atoms with Gasteiger partial charge in [-0.3, -0.25) is 4.79 Å². The number of amides is 1. The molecule has 6 nitrogen and oxygen atoms in total. The Bertz CT molecular complexity index is 600. The van der Waals surface area contributed by atoms with Crippen LogP contribution in [0.2, 0.25) is 0 Å². The van der Waals surface area contributed by atoms with E-state index in [1.165, 1.54) is 5.56 Å². The fourth-order valence-corrected chi connectivity index (χ4v) is 2.66. The van der Waals surface area contributed by atoms with Gasteiger partial charge in [-0.05, 0) is 25.8 Å². The first-order valence-electron chi connectivity index (χ1n) is 8.38. The molecule has 0 spiro atoms. The van der Waals surface area contributed by atoms with Crippen molar-refractivity contribution in [3.63, 3.8) is 0 Å². The molecule has 7 heteroatoms. The first-order chi connectivity index (χ1) is 11.5. The van der Waals surface area contributed by atoms with Crippen LogP contribution < -0.4 is 15.4 Å². The van der Waals surface area contributed by atoms with Crippen LogP contribution >= 0.6 is 24.0 Å². The van der Waals surface area contributed by atoms with Crippen molar-refractivity contribution in [2.45, 2.75) is 25.2 Å². The molecule has 1 amide bonds. The van der Waals surface area contributed by atoms with E-state index in [9.17, 15) is 4.79 Å². The minimum absolute atomic E-state index is 0. The number of carbonyl (C=O) groups excluding carboxylic acids is 1. The molecule has 0 saturated heterocycles. The highest BCUT2D eigenvalue weighted by atomic mass is 127. The van der Waals surface area contributed by atoms with Crippen molar-refractivity contribution in [2.24, 2.45) is 4.99 Å². The number of benzene rings is 1. The first kappa shape index (κ1) is 21.5. The van der Waals surface area contributed by atoms with Crippen LogP contribution in [0.4, 0.5) is 0 Å². The van der Waals surface area contributed by atoms with Gasteiger partial charge in [-0.2, -0.15) is 0 Å². The molecule has 2 rings (SSSR count). The Morgan fingerprint density at radius 3 is 2.52 bits per heavy atom. The van der Waals surface area contributed by atoms with E-state index >= 15 is 0 Å². The SMILES string of the molecule is CCNC(=NCC(=O)N(C)C)NCC1(c2ccccc2OC)CC1.I. The fraction of sp³-hybridized carbons (Fsp3) is 0.556. The van der Waals surface area contributed by atoms with Gasteiger partial charge >= 0.3 is 0 Å². The summed E-state index contributed by atoms with van der Waals surface area (Å²) in [6.07, 6.45) is 2.24. The Labute approximate surface area is 167 Å². The fourth-order valence-electron chi connectivity index (χ4n) is 2.66. The number of nitrogens with one attached hydrogen (secondary N) is 2. The van der Waals surface area contributed by atoms with Gasteiger partial charge in [-0.1, -0.05) is 18.2 Å². The Kier molecular flexibility index (Phi) is 8.47. The van der Waals surface area contributed by atoms with Crippen molar-refractivity contribution in [1.82, 2.24) is 15.5 Å². The van der Waals surface area contributed by atoms with Crippen molar-refractivity contribution in [2.75, 3.05) is 40.8 Å². The maximum absolute atomic E-state index is 11.7. The number of likely N-dealkylation sites (N-methyl/N-ethyl adjacent to an activating group) is 1. The van der Waals surface area contributed by atoms with E-state index in [4.69, 9.17) is 4.74 Å². The van der Waals surface area contributed by atoms with Gasteiger partial charge in [0.2, 0.25) is 5.91 Å².